The average Bonchev–Trinajstić information content (AvgIpc) is 2.48. The quantitative estimate of drug-likeness (QED) is 0.708. The molecule has 0 unspecified atom stereocenters. The highest BCUT2D eigenvalue weighted by Crippen LogP contribution is 2.24. The van der Waals surface area contributed by atoms with E-state index in [-0.39, 0.29) is 5.56 Å². The van der Waals surface area contributed by atoms with Crippen LogP contribution >= 0.6 is 0 Å². The Morgan fingerprint density at radius 3 is 2.57 bits per heavy atom. The van der Waals surface area contributed by atoms with Crippen molar-refractivity contribution < 1.29 is 14.6 Å². The number of ether oxygens (including phenoxy) is 1. The summed E-state index contributed by atoms with van der Waals surface area (Å²) in [5, 5.41) is 12.3. The molecule has 0 bridgehead atoms. The number of anilines is 3. The Labute approximate surface area is 123 Å². The van der Waals surface area contributed by atoms with E-state index in [4.69, 9.17) is 10.5 Å². The maximum absolute atomic E-state index is 11.2. The molecule has 2 aromatic rings. The van der Waals surface area contributed by atoms with Crippen LogP contribution in [0, 0.1) is 0 Å². The van der Waals surface area contributed by atoms with Gasteiger partial charge in [0, 0.05) is 11.4 Å². The van der Waals surface area contributed by atoms with Crippen LogP contribution in [0.3, 0.4) is 0 Å². The first-order valence-electron chi connectivity index (χ1n) is 6.73. The fourth-order valence-corrected chi connectivity index (χ4v) is 1.86. The summed E-state index contributed by atoms with van der Waals surface area (Å²) in [5.41, 5.74) is 7.46. The molecular weight excluding hydrogens is 268 g/mol. The van der Waals surface area contributed by atoms with Crippen molar-refractivity contribution in [2.45, 2.75) is 13.3 Å². The van der Waals surface area contributed by atoms with E-state index in [0.717, 1.165) is 17.9 Å². The zero-order valence-electron chi connectivity index (χ0n) is 11.8. The van der Waals surface area contributed by atoms with Crippen LogP contribution in [-0.2, 0) is 0 Å². The third-order valence-corrected chi connectivity index (χ3v) is 2.88. The van der Waals surface area contributed by atoms with Crippen LogP contribution in [0.25, 0.3) is 0 Å². The van der Waals surface area contributed by atoms with Crippen LogP contribution in [0.4, 0.5) is 17.1 Å². The lowest BCUT2D eigenvalue weighted by molar-refractivity contribution is 0.0698. The topological polar surface area (TPSA) is 84.6 Å². The van der Waals surface area contributed by atoms with E-state index >= 15 is 0 Å². The highest BCUT2D eigenvalue weighted by Gasteiger charge is 2.10. The Balaban J connectivity index is 2.16. The Kier molecular flexibility index (Phi) is 4.66. The molecule has 0 radical (unpaired) electrons. The molecule has 2 rings (SSSR count). The minimum Gasteiger partial charge on any atom is -0.494 e. The van der Waals surface area contributed by atoms with Crippen molar-refractivity contribution in [1.82, 2.24) is 0 Å². The van der Waals surface area contributed by atoms with Gasteiger partial charge in [-0.25, -0.2) is 4.79 Å². The van der Waals surface area contributed by atoms with E-state index in [2.05, 4.69) is 5.32 Å². The van der Waals surface area contributed by atoms with Crippen LogP contribution in [0.1, 0.15) is 23.7 Å². The molecule has 21 heavy (non-hydrogen) atoms. The van der Waals surface area contributed by atoms with Gasteiger partial charge in [-0.3, -0.25) is 0 Å². The predicted octanol–water partition coefficient (Wildman–Crippen LogP) is 3.50. The summed E-state index contributed by atoms with van der Waals surface area (Å²) in [5.74, 6) is -0.231. The van der Waals surface area contributed by atoms with Crippen LogP contribution in [-0.4, -0.2) is 17.7 Å². The lowest BCUT2D eigenvalue weighted by Crippen LogP contribution is -2.04. The number of nitrogens with one attached hydrogen (secondary N) is 1. The molecule has 0 saturated carbocycles. The molecule has 110 valence electrons. The lowest BCUT2D eigenvalue weighted by atomic mass is 10.1. The fourth-order valence-electron chi connectivity index (χ4n) is 1.86. The number of nitrogens with two attached hydrogens (primary N) is 1. The molecule has 0 aliphatic heterocycles. The van der Waals surface area contributed by atoms with E-state index < -0.39 is 5.97 Å². The van der Waals surface area contributed by atoms with Crippen molar-refractivity contribution in [1.29, 1.82) is 0 Å². The molecular formula is C16H18N2O3. The molecule has 0 atom stereocenters. The van der Waals surface area contributed by atoms with Gasteiger partial charge in [0.1, 0.15) is 5.75 Å². The predicted molar refractivity (Wildman–Crippen MR) is 83.3 cm³/mol. The summed E-state index contributed by atoms with van der Waals surface area (Å²) in [6, 6.07) is 12.1. The van der Waals surface area contributed by atoms with Crippen molar-refractivity contribution in [2.24, 2.45) is 0 Å². The molecule has 2 aromatic carbocycles. The van der Waals surface area contributed by atoms with Crippen LogP contribution in [0.15, 0.2) is 42.5 Å². The van der Waals surface area contributed by atoms with Gasteiger partial charge >= 0.3 is 5.97 Å². The molecule has 0 spiro atoms. The average molecular weight is 286 g/mol. The number of carbonyl (C=O) groups is 1. The first-order chi connectivity index (χ1) is 10.1. The van der Waals surface area contributed by atoms with Gasteiger partial charge < -0.3 is 20.9 Å². The van der Waals surface area contributed by atoms with E-state index in [1.165, 1.54) is 6.07 Å². The number of nitrogen functional groups attached to an aromatic ring is 1. The molecule has 0 saturated heterocycles. The second-order valence-corrected chi connectivity index (χ2v) is 4.61. The highest BCUT2D eigenvalue weighted by molar-refractivity contribution is 5.96. The Bertz CT molecular complexity index is 624. The molecule has 0 heterocycles. The van der Waals surface area contributed by atoms with Gasteiger partial charge in [-0.05, 0) is 48.9 Å². The molecule has 5 nitrogen and oxygen atoms in total. The van der Waals surface area contributed by atoms with Crippen molar-refractivity contribution in [3.8, 4) is 5.75 Å². The Morgan fingerprint density at radius 2 is 1.95 bits per heavy atom. The van der Waals surface area contributed by atoms with Gasteiger partial charge in [-0.15, -0.1) is 0 Å². The second-order valence-electron chi connectivity index (χ2n) is 4.61. The number of aromatic carboxylic acids is 1. The van der Waals surface area contributed by atoms with Gasteiger partial charge in [0.05, 0.1) is 17.9 Å². The number of benzene rings is 2. The number of carboxylic acid groups (broad SMARTS) is 1. The summed E-state index contributed by atoms with van der Waals surface area (Å²) in [6.07, 6.45) is 0.952. The lowest BCUT2D eigenvalue weighted by Gasteiger charge is -2.11. The zero-order chi connectivity index (χ0) is 15.2. The highest BCUT2D eigenvalue weighted by atomic mass is 16.5. The van der Waals surface area contributed by atoms with Gasteiger partial charge in [-0.2, -0.15) is 0 Å². The second kappa shape index (κ2) is 6.65. The van der Waals surface area contributed by atoms with Crippen molar-refractivity contribution in [2.75, 3.05) is 17.7 Å². The van der Waals surface area contributed by atoms with Crippen LogP contribution in [0.2, 0.25) is 0 Å². The van der Waals surface area contributed by atoms with E-state index in [9.17, 15) is 9.90 Å². The van der Waals surface area contributed by atoms with Gasteiger partial charge in [-0.1, -0.05) is 6.92 Å². The third kappa shape index (κ3) is 3.89. The summed E-state index contributed by atoms with van der Waals surface area (Å²) in [7, 11) is 0. The third-order valence-electron chi connectivity index (χ3n) is 2.88. The zero-order valence-corrected chi connectivity index (χ0v) is 11.8. The van der Waals surface area contributed by atoms with Gasteiger partial charge in [0.25, 0.3) is 0 Å². The van der Waals surface area contributed by atoms with E-state index in [1.54, 1.807) is 12.1 Å². The maximum Gasteiger partial charge on any atom is 0.337 e. The Morgan fingerprint density at radius 1 is 1.24 bits per heavy atom. The van der Waals surface area contributed by atoms with Gasteiger partial charge in [0.15, 0.2) is 0 Å². The molecule has 0 fully saturated rings. The number of hydrogen-bond acceptors (Lipinski definition) is 4. The smallest absolute Gasteiger partial charge is 0.337 e. The summed E-state index contributed by atoms with van der Waals surface area (Å²) < 4.78 is 5.50. The minimum absolute atomic E-state index is 0.140. The summed E-state index contributed by atoms with van der Waals surface area (Å²) in [4.78, 5) is 11.2. The molecule has 0 amide bonds. The van der Waals surface area contributed by atoms with Crippen LogP contribution < -0.4 is 15.8 Å². The number of carboxylic acids is 1. The largest absolute Gasteiger partial charge is 0.494 e. The molecule has 4 N–H and O–H groups in total. The Hall–Kier alpha value is -2.69. The van der Waals surface area contributed by atoms with Crippen molar-refractivity contribution in [3.05, 3.63) is 48.0 Å². The number of rotatable bonds is 6. The number of hydrogen-bond donors (Lipinski definition) is 3. The molecule has 0 aliphatic carbocycles. The summed E-state index contributed by atoms with van der Waals surface area (Å²) in [6.45, 7) is 2.72. The first kappa shape index (κ1) is 14.7. The fraction of sp³-hybridized carbons (Fsp3) is 0.188. The van der Waals surface area contributed by atoms with Crippen LogP contribution in [0.5, 0.6) is 5.75 Å². The van der Waals surface area contributed by atoms with Crippen molar-refractivity contribution >= 4 is 23.0 Å². The molecule has 0 aliphatic rings. The monoisotopic (exact) mass is 286 g/mol. The van der Waals surface area contributed by atoms with E-state index in [1.807, 2.05) is 31.2 Å². The standard InChI is InChI=1S/C16H18N2O3/c1-2-9-21-13-6-4-12(5-7-13)18-15-8-3-11(17)10-14(15)16(19)20/h3-8,10,18H,2,9,17H2,1H3,(H,19,20). The van der Waals surface area contributed by atoms with E-state index in [0.29, 0.717) is 18.0 Å². The van der Waals surface area contributed by atoms with Crippen molar-refractivity contribution in [3.63, 3.8) is 0 Å². The first-order valence-corrected chi connectivity index (χ1v) is 6.73. The maximum atomic E-state index is 11.2. The van der Waals surface area contributed by atoms with Gasteiger partial charge in [0.2, 0.25) is 0 Å². The normalized spacial score (nSPS) is 10.1. The minimum atomic E-state index is -1.02. The molecule has 5 heteroatoms. The summed E-state index contributed by atoms with van der Waals surface area (Å²) >= 11 is 0. The SMILES string of the molecule is CCCOc1ccc(Nc2ccc(N)cc2C(=O)O)cc1. The molecule has 0 aromatic heterocycles.